The number of methoxy groups -OCH3 is 1. The van der Waals surface area contributed by atoms with Gasteiger partial charge in [-0.25, -0.2) is 9.97 Å². The molecule has 0 saturated carbocycles. The van der Waals surface area contributed by atoms with Crippen LogP contribution in [-0.4, -0.2) is 49.5 Å². The zero-order valence-electron chi connectivity index (χ0n) is 12.6. The van der Waals surface area contributed by atoms with E-state index in [0.29, 0.717) is 24.7 Å². The molecular weight excluding hydrogens is 288 g/mol. The predicted molar refractivity (Wildman–Crippen MR) is 79.0 cm³/mol. The average Bonchev–Trinajstić information content (AvgIpc) is 2.51. The molecule has 0 saturated heterocycles. The Morgan fingerprint density at radius 3 is 2.55 bits per heavy atom. The largest absolute Gasteiger partial charge is 0.487 e. The van der Waals surface area contributed by atoms with Gasteiger partial charge in [0.15, 0.2) is 11.5 Å². The minimum Gasteiger partial charge on any atom is -0.487 e. The molecule has 118 valence electrons. The van der Waals surface area contributed by atoms with E-state index in [4.69, 9.17) is 18.9 Å². The first kappa shape index (κ1) is 16.0. The molecule has 0 spiro atoms. The summed E-state index contributed by atoms with van der Waals surface area (Å²) in [6, 6.07) is 3.58. The predicted octanol–water partition coefficient (Wildman–Crippen LogP) is 1.60. The Balaban J connectivity index is 2.12. The quantitative estimate of drug-likeness (QED) is 0.541. The molecule has 22 heavy (non-hydrogen) atoms. The van der Waals surface area contributed by atoms with Crippen molar-refractivity contribution in [2.75, 3.05) is 33.5 Å². The summed E-state index contributed by atoms with van der Waals surface area (Å²) in [5.74, 6) is 0.767. The Labute approximate surface area is 128 Å². The fourth-order valence-corrected chi connectivity index (χ4v) is 1.79. The first-order valence-electron chi connectivity index (χ1n) is 6.82. The van der Waals surface area contributed by atoms with Gasteiger partial charge < -0.3 is 18.9 Å². The van der Waals surface area contributed by atoms with Gasteiger partial charge in [0.1, 0.15) is 26.1 Å². The highest BCUT2D eigenvalue weighted by Gasteiger charge is 2.09. The van der Waals surface area contributed by atoms with Crippen molar-refractivity contribution in [3.05, 3.63) is 24.7 Å². The molecule has 7 nitrogen and oxygen atoms in total. The third kappa shape index (κ3) is 4.56. The van der Waals surface area contributed by atoms with Gasteiger partial charge in [-0.05, 0) is 6.07 Å². The summed E-state index contributed by atoms with van der Waals surface area (Å²) in [6.07, 6.45) is 3.17. The maximum Gasteiger partial charge on any atom is 0.302 e. The summed E-state index contributed by atoms with van der Waals surface area (Å²) in [5.41, 5.74) is 0.759. The number of ether oxygens (including phenoxy) is 4. The minimum absolute atomic E-state index is 0.177. The third-order valence-corrected chi connectivity index (χ3v) is 2.76. The Bertz CT molecular complexity index is 632. The van der Waals surface area contributed by atoms with Crippen LogP contribution in [0, 0.1) is 0 Å². The number of fused-ring (bicyclic) bond motifs is 1. The third-order valence-electron chi connectivity index (χ3n) is 2.76. The molecule has 2 aromatic rings. The van der Waals surface area contributed by atoms with Crippen LogP contribution in [0.15, 0.2) is 24.7 Å². The molecule has 2 rings (SSSR count). The zero-order chi connectivity index (χ0) is 15.8. The van der Waals surface area contributed by atoms with Crippen LogP contribution in [0.25, 0.3) is 10.9 Å². The van der Waals surface area contributed by atoms with E-state index >= 15 is 0 Å². The lowest BCUT2D eigenvalue weighted by Crippen LogP contribution is -2.11. The van der Waals surface area contributed by atoms with Crippen molar-refractivity contribution in [2.45, 2.75) is 6.92 Å². The molecule has 0 aliphatic rings. The molecule has 0 atom stereocenters. The SMILES string of the molecule is COCCOc1cc2ncncc2cc1OCCOC(C)=O. The molecular formula is C15H18N2O5. The number of nitrogens with zero attached hydrogens (tertiary/aromatic N) is 2. The lowest BCUT2D eigenvalue weighted by molar-refractivity contribution is -0.141. The van der Waals surface area contributed by atoms with E-state index in [1.54, 1.807) is 25.4 Å². The number of carbonyl (C=O) groups is 1. The van der Waals surface area contributed by atoms with Crippen LogP contribution in [0.1, 0.15) is 6.92 Å². The van der Waals surface area contributed by atoms with Gasteiger partial charge in [-0.2, -0.15) is 0 Å². The first-order valence-corrected chi connectivity index (χ1v) is 6.82. The number of aromatic nitrogens is 2. The Morgan fingerprint density at radius 1 is 1.09 bits per heavy atom. The Hall–Kier alpha value is -2.41. The van der Waals surface area contributed by atoms with Gasteiger partial charge in [-0.1, -0.05) is 0 Å². The van der Waals surface area contributed by atoms with Gasteiger partial charge in [0.05, 0.1) is 12.1 Å². The number of hydrogen-bond donors (Lipinski definition) is 0. The molecule has 1 aromatic carbocycles. The van der Waals surface area contributed by atoms with Crippen molar-refractivity contribution in [1.29, 1.82) is 0 Å². The number of esters is 1. The molecule has 1 aromatic heterocycles. The molecule has 7 heteroatoms. The van der Waals surface area contributed by atoms with Crippen LogP contribution in [0.5, 0.6) is 11.5 Å². The van der Waals surface area contributed by atoms with Crippen LogP contribution < -0.4 is 9.47 Å². The molecule has 0 bridgehead atoms. The summed E-state index contributed by atoms with van der Waals surface area (Å²) in [5, 5.41) is 0.837. The summed E-state index contributed by atoms with van der Waals surface area (Å²) in [4.78, 5) is 18.9. The molecule has 0 radical (unpaired) electrons. The Morgan fingerprint density at radius 2 is 1.82 bits per heavy atom. The number of carbonyl (C=O) groups excluding carboxylic acids is 1. The zero-order valence-corrected chi connectivity index (χ0v) is 12.6. The molecule has 0 aliphatic heterocycles. The van der Waals surface area contributed by atoms with Crippen molar-refractivity contribution in [3.8, 4) is 11.5 Å². The van der Waals surface area contributed by atoms with Gasteiger partial charge in [0.2, 0.25) is 0 Å². The summed E-state index contributed by atoms with van der Waals surface area (Å²) in [7, 11) is 1.60. The van der Waals surface area contributed by atoms with Crippen molar-refractivity contribution in [3.63, 3.8) is 0 Å². The van der Waals surface area contributed by atoms with E-state index in [2.05, 4.69) is 9.97 Å². The van der Waals surface area contributed by atoms with E-state index < -0.39 is 0 Å². The number of hydrogen-bond acceptors (Lipinski definition) is 7. The molecule has 0 N–H and O–H groups in total. The van der Waals surface area contributed by atoms with E-state index in [-0.39, 0.29) is 19.2 Å². The van der Waals surface area contributed by atoms with Crippen LogP contribution in [-0.2, 0) is 14.3 Å². The topological polar surface area (TPSA) is 79.8 Å². The van der Waals surface area contributed by atoms with E-state index in [1.165, 1.54) is 13.3 Å². The highest BCUT2D eigenvalue weighted by atomic mass is 16.6. The first-order chi connectivity index (χ1) is 10.7. The average molecular weight is 306 g/mol. The number of rotatable bonds is 8. The molecule has 0 aliphatic carbocycles. The minimum atomic E-state index is -0.341. The monoisotopic (exact) mass is 306 g/mol. The van der Waals surface area contributed by atoms with Crippen molar-refractivity contribution < 1.29 is 23.7 Å². The lowest BCUT2D eigenvalue weighted by Gasteiger charge is -2.13. The maximum absolute atomic E-state index is 10.7. The second-order valence-corrected chi connectivity index (χ2v) is 4.41. The fraction of sp³-hybridized carbons (Fsp3) is 0.400. The van der Waals surface area contributed by atoms with Crippen molar-refractivity contribution in [1.82, 2.24) is 9.97 Å². The fourth-order valence-electron chi connectivity index (χ4n) is 1.79. The van der Waals surface area contributed by atoms with Crippen LogP contribution in [0.3, 0.4) is 0 Å². The van der Waals surface area contributed by atoms with E-state index in [0.717, 1.165) is 10.9 Å². The van der Waals surface area contributed by atoms with Crippen molar-refractivity contribution >= 4 is 16.9 Å². The maximum atomic E-state index is 10.7. The molecule has 1 heterocycles. The number of benzene rings is 1. The van der Waals surface area contributed by atoms with Gasteiger partial charge in [-0.15, -0.1) is 0 Å². The Kier molecular flexibility index (Phi) is 5.91. The van der Waals surface area contributed by atoms with Crippen molar-refractivity contribution in [2.24, 2.45) is 0 Å². The second kappa shape index (κ2) is 8.14. The lowest BCUT2D eigenvalue weighted by atomic mass is 10.2. The highest BCUT2D eigenvalue weighted by molar-refractivity contribution is 5.81. The molecule has 0 fully saturated rings. The standard InChI is InChI=1S/C15H18N2O5/c1-11(18)20-5-6-22-14-7-12-9-16-10-17-13(12)8-15(14)21-4-3-19-2/h7-10H,3-6H2,1-2H3. The molecule has 0 unspecified atom stereocenters. The van der Waals surface area contributed by atoms with Gasteiger partial charge in [0.25, 0.3) is 0 Å². The van der Waals surface area contributed by atoms with Gasteiger partial charge in [-0.3, -0.25) is 4.79 Å². The second-order valence-electron chi connectivity index (χ2n) is 4.41. The molecule has 0 amide bonds. The summed E-state index contributed by atoms with van der Waals surface area (Å²) >= 11 is 0. The summed E-state index contributed by atoms with van der Waals surface area (Å²) in [6.45, 7) is 2.63. The highest BCUT2D eigenvalue weighted by Crippen LogP contribution is 2.31. The van der Waals surface area contributed by atoms with Gasteiger partial charge in [0, 0.05) is 31.7 Å². The van der Waals surface area contributed by atoms with E-state index in [9.17, 15) is 4.79 Å². The van der Waals surface area contributed by atoms with Crippen LogP contribution >= 0.6 is 0 Å². The normalized spacial score (nSPS) is 10.5. The van der Waals surface area contributed by atoms with Crippen LogP contribution in [0.2, 0.25) is 0 Å². The smallest absolute Gasteiger partial charge is 0.302 e. The summed E-state index contributed by atoms with van der Waals surface area (Å²) < 4.78 is 21.1. The van der Waals surface area contributed by atoms with Crippen LogP contribution in [0.4, 0.5) is 0 Å². The van der Waals surface area contributed by atoms with Gasteiger partial charge >= 0.3 is 5.97 Å². The van der Waals surface area contributed by atoms with E-state index in [1.807, 2.05) is 0 Å².